The van der Waals surface area contributed by atoms with E-state index in [0.29, 0.717) is 0 Å². The van der Waals surface area contributed by atoms with Gasteiger partial charge in [-0.15, -0.1) is 0 Å². The highest BCUT2D eigenvalue weighted by atomic mass is 16.5. The van der Waals surface area contributed by atoms with Gasteiger partial charge >= 0.3 is 0 Å². The zero-order valence-corrected chi connectivity index (χ0v) is 11.3. The van der Waals surface area contributed by atoms with Gasteiger partial charge in [-0.2, -0.15) is 0 Å². The fourth-order valence-electron chi connectivity index (χ4n) is 1.27. The second-order valence-corrected chi connectivity index (χ2v) is 3.41. The molecule has 0 aromatic carbocycles. The van der Waals surface area contributed by atoms with E-state index in [4.69, 9.17) is 14.0 Å². The van der Waals surface area contributed by atoms with Crippen molar-refractivity contribution in [2.75, 3.05) is 26.9 Å². The van der Waals surface area contributed by atoms with Crippen molar-refractivity contribution in [2.24, 2.45) is 0 Å². The summed E-state index contributed by atoms with van der Waals surface area (Å²) in [6, 6.07) is 1.89. The van der Waals surface area contributed by atoms with Crippen LogP contribution in [0.15, 0.2) is 16.9 Å². The van der Waals surface area contributed by atoms with E-state index >= 15 is 0 Å². The Hall–Kier alpha value is -0.870. The quantitative estimate of drug-likeness (QED) is 0.625. The summed E-state index contributed by atoms with van der Waals surface area (Å²) in [4.78, 5) is 0. The van der Waals surface area contributed by atoms with Gasteiger partial charge in [0.2, 0.25) is 0 Å². The third-order valence-electron chi connectivity index (χ3n) is 2.10. The molecule has 0 radical (unpaired) electrons. The summed E-state index contributed by atoms with van der Waals surface area (Å²) in [5, 5.41) is 3.83. The van der Waals surface area contributed by atoms with Gasteiger partial charge in [0, 0.05) is 33.0 Å². The Morgan fingerprint density at radius 2 is 1.82 bits per heavy atom. The van der Waals surface area contributed by atoms with E-state index in [0.717, 1.165) is 51.2 Å². The number of ether oxygens (including phenoxy) is 2. The first-order valence-corrected chi connectivity index (χ1v) is 6.39. The Kier molecular flexibility index (Phi) is 12.5. The summed E-state index contributed by atoms with van der Waals surface area (Å²) in [7, 11) is 1.72. The number of rotatable bonds is 9. The maximum Gasteiger partial charge on any atom is 0.124 e. The molecule has 0 spiro atoms. The van der Waals surface area contributed by atoms with E-state index in [1.807, 2.05) is 19.9 Å². The summed E-state index contributed by atoms with van der Waals surface area (Å²) in [6.45, 7) is 6.43. The monoisotopic (exact) mass is 243 g/mol. The first-order chi connectivity index (χ1) is 8.43. The molecule has 17 heavy (non-hydrogen) atoms. The fourth-order valence-corrected chi connectivity index (χ4v) is 1.27. The predicted octanol–water partition coefficient (Wildman–Crippen LogP) is 3.08. The van der Waals surface area contributed by atoms with Gasteiger partial charge in [0.15, 0.2) is 0 Å². The molecule has 0 saturated carbocycles. The lowest BCUT2D eigenvalue weighted by atomic mass is 10.2. The molecule has 0 atom stereocenters. The van der Waals surface area contributed by atoms with Gasteiger partial charge in [-0.1, -0.05) is 19.0 Å². The van der Waals surface area contributed by atoms with Crippen LogP contribution in [0.2, 0.25) is 0 Å². The molecule has 1 aromatic heterocycles. The molecule has 1 heterocycles. The maximum atomic E-state index is 5.46. The Morgan fingerprint density at radius 3 is 2.47 bits per heavy atom. The van der Waals surface area contributed by atoms with E-state index in [1.165, 1.54) is 0 Å². The zero-order chi connectivity index (χ0) is 12.8. The van der Waals surface area contributed by atoms with Crippen LogP contribution in [-0.4, -0.2) is 32.1 Å². The lowest BCUT2D eigenvalue weighted by molar-refractivity contribution is 0.117. The van der Waals surface area contributed by atoms with Crippen LogP contribution in [0.3, 0.4) is 0 Å². The molecular formula is C13H25NO3. The van der Waals surface area contributed by atoms with Crippen LogP contribution in [0.5, 0.6) is 0 Å². The number of aryl methyl sites for hydroxylation is 1. The van der Waals surface area contributed by atoms with Gasteiger partial charge in [-0.25, -0.2) is 0 Å². The second-order valence-electron chi connectivity index (χ2n) is 3.41. The lowest BCUT2D eigenvalue weighted by Gasteiger charge is -2.02. The van der Waals surface area contributed by atoms with Crippen molar-refractivity contribution in [3.63, 3.8) is 0 Å². The molecule has 1 rings (SSSR count). The molecule has 1 aromatic rings. The summed E-state index contributed by atoms with van der Waals surface area (Å²) in [5.41, 5.74) is 0.998. The highest BCUT2D eigenvalue weighted by molar-refractivity contribution is 4.94. The minimum absolute atomic E-state index is 0.792. The van der Waals surface area contributed by atoms with Crippen LogP contribution in [0.1, 0.15) is 38.8 Å². The zero-order valence-electron chi connectivity index (χ0n) is 11.3. The number of methoxy groups -OCH3 is 1. The average Bonchev–Trinajstić information content (AvgIpc) is 2.88. The summed E-state index contributed by atoms with van der Waals surface area (Å²) in [6.07, 6.45) is 5.66. The van der Waals surface area contributed by atoms with E-state index in [1.54, 1.807) is 13.4 Å². The van der Waals surface area contributed by atoms with E-state index in [2.05, 4.69) is 5.16 Å². The van der Waals surface area contributed by atoms with Crippen LogP contribution in [-0.2, 0) is 15.9 Å². The fraction of sp³-hybridized carbons (Fsp3) is 0.769. The molecule has 0 aliphatic rings. The Morgan fingerprint density at radius 1 is 1.12 bits per heavy atom. The van der Waals surface area contributed by atoms with Crippen molar-refractivity contribution in [1.82, 2.24) is 5.16 Å². The molecule has 0 aliphatic carbocycles. The Balaban J connectivity index is 0.00000121. The van der Waals surface area contributed by atoms with Crippen LogP contribution >= 0.6 is 0 Å². The highest BCUT2D eigenvalue weighted by Gasteiger charge is 1.96. The Labute approximate surface area is 104 Å². The topological polar surface area (TPSA) is 44.5 Å². The molecule has 4 nitrogen and oxygen atoms in total. The van der Waals surface area contributed by atoms with Crippen molar-refractivity contribution >= 4 is 0 Å². The van der Waals surface area contributed by atoms with Crippen LogP contribution in [0, 0.1) is 0 Å². The van der Waals surface area contributed by atoms with E-state index in [-0.39, 0.29) is 0 Å². The van der Waals surface area contributed by atoms with Crippen molar-refractivity contribution < 1.29 is 14.0 Å². The highest BCUT2D eigenvalue weighted by Crippen LogP contribution is 1.99. The molecule has 0 bridgehead atoms. The van der Waals surface area contributed by atoms with Gasteiger partial charge in [0.25, 0.3) is 0 Å². The summed E-state index contributed by atoms with van der Waals surface area (Å²) < 4.78 is 15.1. The van der Waals surface area contributed by atoms with Gasteiger partial charge in [0.1, 0.15) is 6.26 Å². The predicted molar refractivity (Wildman–Crippen MR) is 68.1 cm³/mol. The van der Waals surface area contributed by atoms with Crippen LogP contribution < -0.4 is 0 Å². The molecule has 0 aliphatic heterocycles. The number of hydrogen-bond donors (Lipinski definition) is 0. The van der Waals surface area contributed by atoms with Gasteiger partial charge < -0.3 is 14.0 Å². The number of nitrogens with zero attached hydrogens (tertiary/aromatic N) is 1. The number of hydrogen-bond acceptors (Lipinski definition) is 4. The van der Waals surface area contributed by atoms with Crippen molar-refractivity contribution in [1.29, 1.82) is 0 Å². The maximum absolute atomic E-state index is 5.46. The van der Waals surface area contributed by atoms with Crippen LogP contribution in [0.25, 0.3) is 0 Å². The standard InChI is InChI=1S/C11H19NO3.C2H6/c1-13-7-2-3-8-14-9-4-5-11-6-10-15-12-11;1-2/h6,10H,2-5,7-9H2,1H3;1-2H3. The van der Waals surface area contributed by atoms with Crippen molar-refractivity contribution in [2.45, 2.75) is 39.5 Å². The third kappa shape index (κ3) is 10.0. The average molecular weight is 243 g/mol. The van der Waals surface area contributed by atoms with Gasteiger partial charge in [-0.05, 0) is 25.7 Å². The summed E-state index contributed by atoms with van der Waals surface area (Å²) in [5.74, 6) is 0. The van der Waals surface area contributed by atoms with Crippen LogP contribution in [0.4, 0.5) is 0 Å². The molecule has 0 amide bonds. The van der Waals surface area contributed by atoms with Crippen molar-refractivity contribution in [3.8, 4) is 0 Å². The normalized spacial score (nSPS) is 9.82. The minimum atomic E-state index is 0.792. The Bertz CT molecular complexity index is 225. The number of aromatic nitrogens is 1. The van der Waals surface area contributed by atoms with Crippen molar-refractivity contribution in [3.05, 3.63) is 18.0 Å². The van der Waals surface area contributed by atoms with E-state index < -0.39 is 0 Å². The first kappa shape index (κ1) is 16.1. The molecule has 4 heteroatoms. The molecule has 0 unspecified atom stereocenters. The second kappa shape index (κ2) is 13.2. The first-order valence-electron chi connectivity index (χ1n) is 6.39. The summed E-state index contributed by atoms with van der Waals surface area (Å²) >= 11 is 0. The van der Waals surface area contributed by atoms with E-state index in [9.17, 15) is 0 Å². The largest absolute Gasteiger partial charge is 0.385 e. The lowest BCUT2D eigenvalue weighted by Crippen LogP contribution is -2.00. The third-order valence-corrected chi connectivity index (χ3v) is 2.10. The minimum Gasteiger partial charge on any atom is -0.385 e. The van der Waals surface area contributed by atoms with Gasteiger partial charge in [-0.3, -0.25) is 0 Å². The molecule has 0 fully saturated rings. The molecule has 0 saturated heterocycles. The molecular weight excluding hydrogens is 218 g/mol. The number of unbranched alkanes of at least 4 members (excludes halogenated alkanes) is 1. The van der Waals surface area contributed by atoms with Gasteiger partial charge in [0.05, 0.1) is 5.69 Å². The SMILES string of the molecule is CC.COCCCCOCCCc1ccon1. The smallest absolute Gasteiger partial charge is 0.124 e. The molecule has 100 valence electrons. The molecule has 0 N–H and O–H groups in total.